The highest BCUT2D eigenvalue weighted by molar-refractivity contribution is 6.00. The number of carbonyl (C=O) groups is 2. The lowest BCUT2D eigenvalue weighted by Crippen LogP contribution is -2.47. The Hall–Kier alpha value is -4.93. The molecule has 2 aliphatic rings. The molecule has 44 heavy (non-hydrogen) atoms. The molecule has 0 unspecified atom stereocenters. The summed E-state index contributed by atoms with van der Waals surface area (Å²) in [5.74, 6) is 1.22. The monoisotopic (exact) mass is 597 g/mol. The Morgan fingerprint density at radius 2 is 1.66 bits per heavy atom. The summed E-state index contributed by atoms with van der Waals surface area (Å²) >= 11 is 0. The van der Waals surface area contributed by atoms with E-state index in [0.717, 1.165) is 16.9 Å². The van der Waals surface area contributed by atoms with Crippen LogP contribution in [0.4, 0.5) is 20.6 Å². The highest BCUT2D eigenvalue weighted by atomic mass is 19.1. The number of urea groups is 1. The number of nitrogens with one attached hydrogen (secondary N) is 3. The molecule has 0 spiro atoms. The molecule has 4 N–H and O–H groups in total. The molecule has 2 aliphatic heterocycles. The van der Waals surface area contributed by atoms with Crippen molar-refractivity contribution in [2.24, 2.45) is 0 Å². The first-order chi connectivity index (χ1) is 21.4. The number of amides is 3. The summed E-state index contributed by atoms with van der Waals surface area (Å²) in [4.78, 5) is 25.4. The van der Waals surface area contributed by atoms with Gasteiger partial charge in [0.2, 0.25) is 5.91 Å². The first kappa shape index (κ1) is 29.2. The molecule has 0 radical (unpaired) electrons. The Morgan fingerprint density at radius 1 is 0.909 bits per heavy atom. The number of aliphatic hydroxyl groups excluding tert-OH is 1. The van der Waals surface area contributed by atoms with Gasteiger partial charge in [-0.3, -0.25) is 4.79 Å². The van der Waals surface area contributed by atoms with Gasteiger partial charge in [-0.15, -0.1) is 0 Å². The molecule has 10 heteroatoms. The van der Waals surface area contributed by atoms with Gasteiger partial charge in [0.05, 0.1) is 24.8 Å². The predicted octanol–water partition coefficient (Wildman–Crippen LogP) is 5.96. The molecule has 3 amide bonds. The number of carbonyl (C=O) groups excluding carboxylic acids is 2. The van der Waals surface area contributed by atoms with E-state index in [4.69, 9.17) is 14.2 Å². The Balaban J connectivity index is 1.05. The Kier molecular flexibility index (Phi) is 8.71. The lowest BCUT2D eigenvalue weighted by molar-refractivity contribution is -0.142. The van der Waals surface area contributed by atoms with Gasteiger partial charge >= 0.3 is 6.03 Å². The quantitative estimate of drug-likeness (QED) is 0.189. The molecular weight excluding hydrogens is 565 g/mol. The number of anilines is 2. The lowest BCUT2D eigenvalue weighted by atomic mass is 9.84. The van der Waals surface area contributed by atoms with Crippen molar-refractivity contribution in [2.45, 2.75) is 43.6 Å². The number of rotatable bonds is 9. The van der Waals surface area contributed by atoms with Gasteiger partial charge < -0.3 is 35.3 Å². The summed E-state index contributed by atoms with van der Waals surface area (Å²) in [6, 6.07) is 27.6. The maximum Gasteiger partial charge on any atom is 0.323 e. The first-order valence-corrected chi connectivity index (χ1v) is 14.4. The summed E-state index contributed by atoms with van der Waals surface area (Å²) in [6.45, 7) is 0.0867. The van der Waals surface area contributed by atoms with E-state index < -0.39 is 30.2 Å². The molecule has 1 saturated heterocycles. The van der Waals surface area contributed by atoms with Crippen LogP contribution in [-0.2, 0) is 16.1 Å². The molecule has 0 bridgehead atoms. The zero-order valence-electron chi connectivity index (χ0n) is 23.7. The van der Waals surface area contributed by atoms with Crippen molar-refractivity contribution in [1.82, 2.24) is 5.32 Å². The van der Waals surface area contributed by atoms with Crippen LogP contribution in [0.2, 0.25) is 0 Å². The van der Waals surface area contributed by atoms with Gasteiger partial charge in [-0.25, -0.2) is 9.18 Å². The second kappa shape index (κ2) is 13.2. The van der Waals surface area contributed by atoms with Crippen LogP contribution in [-0.4, -0.2) is 42.0 Å². The summed E-state index contributed by atoms with van der Waals surface area (Å²) in [7, 11) is 0. The number of hydrogen-bond acceptors (Lipinski definition) is 6. The van der Waals surface area contributed by atoms with Crippen LogP contribution in [0.1, 0.15) is 29.9 Å². The van der Waals surface area contributed by atoms with Crippen LogP contribution in [0.15, 0.2) is 97.1 Å². The second-order valence-electron chi connectivity index (χ2n) is 10.8. The van der Waals surface area contributed by atoms with Crippen molar-refractivity contribution in [1.29, 1.82) is 0 Å². The topological polar surface area (TPSA) is 118 Å². The maximum atomic E-state index is 13.9. The fourth-order valence-electron chi connectivity index (χ4n) is 5.59. The number of halogens is 1. The van der Waals surface area contributed by atoms with Crippen LogP contribution < -0.4 is 25.4 Å². The van der Waals surface area contributed by atoms with Crippen molar-refractivity contribution >= 4 is 23.3 Å². The minimum Gasteiger partial charge on any atom is -0.487 e. The third-order valence-corrected chi connectivity index (χ3v) is 7.68. The molecule has 1 fully saturated rings. The van der Waals surface area contributed by atoms with Crippen molar-refractivity contribution in [2.75, 3.05) is 17.2 Å². The fraction of sp³-hybridized carbons (Fsp3) is 0.235. The minimum atomic E-state index is -0.614. The van der Waals surface area contributed by atoms with Crippen molar-refractivity contribution in [3.8, 4) is 17.2 Å². The highest BCUT2D eigenvalue weighted by Crippen LogP contribution is 2.47. The number of fused-ring (bicyclic) bond motifs is 3. The van der Waals surface area contributed by atoms with Gasteiger partial charge in [0.25, 0.3) is 0 Å². The van der Waals surface area contributed by atoms with E-state index >= 15 is 0 Å². The van der Waals surface area contributed by atoms with E-state index in [2.05, 4.69) is 16.0 Å². The molecule has 2 heterocycles. The number of hydrogen-bond donors (Lipinski definition) is 4. The molecular formula is C34H32FN3O6. The zero-order valence-corrected chi connectivity index (χ0v) is 23.7. The maximum absolute atomic E-state index is 13.9. The second-order valence-corrected chi connectivity index (χ2v) is 10.8. The van der Waals surface area contributed by atoms with Crippen LogP contribution in [0.25, 0.3) is 0 Å². The molecule has 6 rings (SSSR count). The number of aliphatic hydroxyl groups is 1. The molecule has 4 aromatic carbocycles. The molecule has 0 aromatic heterocycles. The van der Waals surface area contributed by atoms with E-state index in [1.54, 1.807) is 24.3 Å². The third kappa shape index (κ3) is 6.82. The van der Waals surface area contributed by atoms with E-state index in [1.807, 2.05) is 60.7 Å². The van der Waals surface area contributed by atoms with E-state index in [-0.39, 0.29) is 30.5 Å². The highest BCUT2D eigenvalue weighted by Gasteiger charge is 2.46. The predicted molar refractivity (Wildman–Crippen MR) is 162 cm³/mol. The Labute approximate surface area is 254 Å². The van der Waals surface area contributed by atoms with Gasteiger partial charge in [-0.1, -0.05) is 42.5 Å². The largest absolute Gasteiger partial charge is 0.487 e. The first-order valence-electron chi connectivity index (χ1n) is 14.4. The smallest absolute Gasteiger partial charge is 0.323 e. The molecule has 0 saturated carbocycles. The van der Waals surface area contributed by atoms with Gasteiger partial charge in [-0.2, -0.15) is 0 Å². The van der Waals surface area contributed by atoms with Crippen LogP contribution in [0.3, 0.4) is 0 Å². The average molecular weight is 598 g/mol. The minimum absolute atomic E-state index is 0.0694. The number of ether oxygens (including phenoxy) is 3. The molecule has 4 aromatic rings. The summed E-state index contributed by atoms with van der Waals surface area (Å²) in [5.41, 5.74) is 2.35. The molecule has 4 atom stereocenters. The van der Waals surface area contributed by atoms with Crippen molar-refractivity contribution in [3.05, 3.63) is 114 Å². The number of para-hydroxylation sites is 2. The SMILES string of the molecule is O=C(C[C@@H]1C[C@H]2c3cc(NC(=O)Nc4ccccc4F)ccc3O[C@H]2[C@@H](CO)O1)NCc1ccc(Oc2ccccc2)cc1. The Morgan fingerprint density at radius 3 is 2.43 bits per heavy atom. The zero-order chi connectivity index (χ0) is 30.5. The van der Waals surface area contributed by atoms with Gasteiger partial charge in [0.1, 0.15) is 35.3 Å². The summed E-state index contributed by atoms with van der Waals surface area (Å²) < 4.78 is 32.0. The van der Waals surface area contributed by atoms with Crippen molar-refractivity contribution in [3.63, 3.8) is 0 Å². The van der Waals surface area contributed by atoms with Crippen LogP contribution in [0.5, 0.6) is 17.2 Å². The van der Waals surface area contributed by atoms with Crippen LogP contribution >= 0.6 is 0 Å². The third-order valence-electron chi connectivity index (χ3n) is 7.68. The van der Waals surface area contributed by atoms with E-state index in [0.29, 0.717) is 30.2 Å². The molecule has 0 aliphatic carbocycles. The molecule has 226 valence electrons. The normalized spacial score (nSPS) is 20.0. The molecule has 9 nitrogen and oxygen atoms in total. The average Bonchev–Trinajstić information content (AvgIpc) is 3.40. The van der Waals surface area contributed by atoms with Crippen LogP contribution in [0, 0.1) is 5.82 Å². The van der Waals surface area contributed by atoms with Crippen molar-refractivity contribution < 1.29 is 33.3 Å². The lowest BCUT2D eigenvalue weighted by Gasteiger charge is -2.37. The van der Waals surface area contributed by atoms with E-state index in [9.17, 15) is 19.1 Å². The van der Waals surface area contributed by atoms with E-state index in [1.165, 1.54) is 12.1 Å². The Bertz CT molecular complexity index is 1620. The summed E-state index contributed by atoms with van der Waals surface area (Å²) in [6.07, 6.45) is -0.860. The fourth-order valence-corrected chi connectivity index (χ4v) is 5.59. The van der Waals surface area contributed by atoms with Gasteiger partial charge in [0, 0.05) is 23.7 Å². The number of benzene rings is 4. The van der Waals surface area contributed by atoms with Gasteiger partial charge in [0.15, 0.2) is 0 Å². The van der Waals surface area contributed by atoms with Gasteiger partial charge in [-0.05, 0) is 66.6 Å². The summed E-state index contributed by atoms with van der Waals surface area (Å²) in [5, 5.41) is 18.2. The standard InChI is InChI=1S/C34H32FN3O6/c35-28-8-4-5-9-29(28)38-34(41)37-22-12-15-30-26(16-22)27-17-25(43-31(20-39)33(27)44-30)18-32(40)36-19-21-10-13-24(14-11-21)42-23-6-2-1-3-7-23/h1-16,25,27,31,33,39H,17-20H2,(H,36,40)(H2,37,38,41)/t25-,27-,31+,33+/m0/s1.